The van der Waals surface area contributed by atoms with Crippen LogP contribution in [-0.4, -0.2) is 17.6 Å². The van der Waals surface area contributed by atoms with Gasteiger partial charge in [0.25, 0.3) is 11.5 Å². The minimum Gasteiger partial charge on any atom is -0.497 e. The Labute approximate surface area is 205 Å². The van der Waals surface area contributed by atoms with E-state index in [4.69, 9.17) is 9.15 Å². The lowest BCUT2D eigenvalue weighted by Crippen LogP contribution is -2.40. The number of nitrogens with zero attached hydrogens (tertiary/aromatic N) is 2. The number of hydrogen-bond acceptors (Lipinski definition) is 6. The molecule has 1 N–H and O–H groups in total. The number of ether oxygens (including phenoxy) is 1. The third-order valence-corrected chi connectivity index (χ3v) is 6.72. The summed E-state index contributed by atoms with van der Waals surface area (Å²) in [6.07, 6.45) is 1.71. The molecule has 0 saturated carbocycles. The van der Waals surface area contributed by atoms with Crippen LogP contribution in [0.3, 0.4) is 0 Å². The Hall–Kier alpha value is -4.17. The molecule has 0 unspecified atom stereocenters. The molecule has 1 amide bonds. The van der Waals surface area contributed by atoms with Gasteiger partial charge in [0.2, 0.25) is 0 Å². The number of amides is 1. The molecular weight excluding hydrogens is 462 g/mol. The third kappa shape index (κ3) is 4.36. The van der Waals surface area contributed by atoms with Crippen molar-refractivity contribution in [1.82, 2.24) is 4.57 Å². The molecule has 8 heteroatoms. The first-order valence-electron chi connectivity index (χ1n) is 11.0. The molecular formula is C27H23N3O4S. The molecule has 35 heavy (non-hydrogen) atoms. The largest absolute Gasteiger partial charge is 0.497 e. The van der Waals surface area contributed by atoms with Gasteiger partial charge in [-0.05, 0) is 55.8 Å². The third-order valence-electron chi connectivity index (χ3n) is 5.74. The van der Waals surface area contributed by atoms with Gasteiger partial charge in [0.15, 0.2) is 4.80 Å². The van der Waals surface area contributed by atoms with Gasteiger partial charge in [-0.1, -0.05) is 41.7 Å². The Morgan fingerprint density at radius 3 is 2.63 bits per heavy atom. The number of anilines is 1. The molecule has 4 aromatic rings. The van der Waals surface area contributed by atoms with Gasteiger partial charge in [-0.15, -0.1) is 0 Å². The average Bonchev–Trinajstić information content (AvgIpc) is 3.40. The second-order valence-corrected chi connectivity index (χ2v) is 9.14. The Morgan fingerprint density at radius 1 is 1.11 bits per heavy atom. The quantitative estimate of drug-likeness (QED) is 0.466. The molecule has 5 rings (SSSR count). The van der Waals surface area contributed by atoms with E-state index in [1.165, 1.54) is 11.3 Å². The van der Waals surface area contributed by atoms with Crippen molar-refractivity contribution in [2.24, 2.45) is 4.99 Å². The molecule has 3 heterocycles. The zero-order valence-electron chi connectivity index (χ0n) is 19.4. The van der Waals surface area contributed by atoms with Gasteiger partial charge < -0.3 is 14.5 Å². The van der Waals surface area contributed by atoms with Crippen LogP contribution in [0.2, 0.25) is 0 Å². The Balaban J connectivity index is 1.69. The van der Waals surface area contributed by atoms with Gasteiger partial charge >= 0.3 is 0 Å². The van der Waals surface area contributed by atoms with Crippen LogP contribution in [0.15, 0.2) is 92.2 Å². The van der Waals surface area contributed by atoms with Crippen molar-refractivity contribution in [3.8, 4) is 5.75 Å². The van der Waals surface area contributed by atoms with E-state index in [1.54, 1.807) is 24.7 Å². The number of thiazole rings is 1. The van der Waals surface area contributed by atoms with E-state index in [2.05, 4.69) is 10.3 Å². The fourth-order valence-electron chi connectivity index (χ4n) is 4.12. The highest BCUT2D eigenvalue weighted by molar-refractivity contribution is 7.07. The van der Waals surface area contributed by atoms with Gasteiger partial charge in [0.1, 0.15) is 17.3 Å². The summed E-state index contributed by atoms with van der Waals surface area (Å²) in [5.74, 6) is 1.66. The Morgan fingerprint density at radius 2 is 1.91 bits per heavy atom. The molecule has 0 aliphatic carbocycles. The number of methoxy groups -OCH3 is 1. The van der Waals surface area contributed by atoms with Crippen LogP contribution in [0.4, 0.5) is 5.69 Å². The van der Waals surface area contributed by atoms with Crippen LogP contribution in [-0.2, 0) is 4.79 Å². The lowest BCUT2D eigenvalue weighted by molar-refractivity contribution is -0.113. The number of carbonyl (C=O) groups excluding carboxylic acids is 1. The van der Waals surface area contributed by atoms with Crippen molar-refractivity contribution in [3.05, 3.63) is 115 Å². The molecule has 0 saturated heterocycles. The van der Waals surface area contributed by atoms with Crippen molar-refractivity contribution in [2.75, 3.05) is 12.4 Å². The number of rotatable bonds is 5. The van der Waals surface area contributed by atoms with Crippen LogP contribution in [0.25, 0.3) is 6.08 Å². The Bertz CT molecular complexity index is 1630. The number of allylic oxidation sites excluding steroid dienone is 1. The molecule has 0 radical (unpaired) electrons. The van der Waals surface area contributed by atoms with E-state index in [-0.39, 0.29) is 11.5 Å². The summed E-state index contributed by atoms with van der Waals surface area (Å²) in [5, 5.41) is 2.95. The number of aromatic nitrogens is 1. The highest BCUT2D eigenvalue weighted by Gasteiger charge is 2.32. The van der Waals surface area contributed by atoms with Gasteiger partial charge in [-0.3, -0.25) is 14.2 Å². The summed E-state index contributed by atoms with van der Waals surface area (Å²) in [5.41, 5.74) is 2.11. The number of furan rings is 1. The fourth-order valence-corrected chi connectivity index (χ4v) is 5.15. The van der Waals surface area contributed by atoms with Crippen LogP contribution in [0, 0.1) is 6.92 Å². The van der Waals surface area contributed by atoms with Crippen molar-refractivity contribution >= 4 is 29.0 Å². The predicted octanol–water partition coefficient (Wildman–Crippen LogP) is 3.78. The standard InChI is InChI=1S/C27H23N3O4S/c1-16-12-13-21(34-16)15-22-26(32)30-24(18-8-7-11-20(14-18)33-3)23(17(2)28-27(30)35-22)25(31)29-19-9-5-4-6-10-19/h4-15,24H,1-3H3,(H,29,31)/b22-15-/t24-/m0/s1. The number of hydrogen-bond donors (Lipinski definition) is 1. The minimum absolute atomic E-state index is 0.242. The van der Waals surface area contributed by atoms with Crippen LogP contribution >= 0.6 is 11.3 Å². The van der Waals surface area contributed by atoms with Crippen LogP contribution in [0.5, 0.6) is 5.75 Å². The summed E-state index contributed by atoms with van der Waals surface area (Å²) in [6, 6.07) is 19.6. The number of carbonyl (C=O) groups is 1. The maximum absolute atomic E-state index is 13.7. The lowest BCUT2D eigenvalue weighted by atomic mass is 9.95. The van der Waals surface area contributed by atoms with Crippen LogP contribution in [0.1, 0.15) is 30.0 Å². The summed E-state index contributed by atoms with van der Waals surface area (Å²) < 4.78 is 13.1. The van der Waals surface area contributed by atoms with Gasteiger partial charge in [0, 0.05) is 11.8 Å². The molecule has 0 bridgehead atoms. The van der Waals surface area contributed by atoms with Gasteiger partial charge in [-0.2, -0.15) is 0 Å². The predicted molar refractivity (Wildman–Crippen MR) is 135 cm³/mol. The van der Waals surface area contributed by atoms with E-state index in [9.17, 15) is 9.59 Å². The first-order valence-corrected chi connectivity index (χ1v) is 11.9. The van der Waals surface area contributed by atoms with E-state index in [1.807, 2.05) is 73.7 Å². The molecule has 2 aromatic heterocycles. The fraction of sp³-hybridized carbons (Fsp3) is 0.148. The van der Waals surface area contributed by atoms with Crippen molar-refractivity contribution < 1.29 is 13.9 Å². The monoisotopic (exact) mass is 485 g/mol. The first kappa shape index (κ1) is 22.6. The molecule has 1 aliphatic heterocycles. The van der Waals surface area contributed by atoms with Crippen LogP contribution < -0.4 is 24.9 Å². The smallest absolute Gasteiger partial charge is 0.271 e. The van der Waals surface area contributed by atoms with E-state index in [0.29, 0.717) is 37.8 Å². The zero-order chi connectivity index (χ0) is 24.5. The van der Waals surface area contributed by atoms with Crippen molar-refractivity contribution in [3.63, 3.8) is 0 Å². The average molecular weight is 486 g/mol. The molecule has 2 aromatic carbocycles. The number of aryl methyl sites for hydroxylation is 1. The summed E-state index contributed by atoms with van der Waals surface area (Å²) in [6.45, 7) is 3.64. The highest BCUT2D eigenvalue weighted by Crippen LogP contribution is 2.32. The number of fused-ring (bicyclic) bond motifs is 1. The molecule has 1 atom stereocenters. The normalized spacial score (nSPS) is 15.5. The zero-order valence-corrected chi connectivity index (χ0v) is 20.3. The molecule has 176 valence electrons. The first-order chi connectivity index (χ1) is 16.9. The Kier molecular flexibility index (Phi) is 5.96. The number of para-hydroxylation sites is 1. The number of nitrogens with one attached hydrogen (secondary N) is 1. The molecule has 0 fully saturated rings. The summed E-state index contributed by atoms with van der Waals surface area (Å²) >= 11 is 1.27. The van der Waals surface area contributed by atoms with E-state index >= 15 is 0 Å². The lowest BCUT2D eigenvalue weighted by Gasteiger charge is -2.25. The second-order valence-electron chi connectivity index (χ2n) is 8.13. The van der Waals surface area contributed by atoms with E-state index in [0.717, 1.165) is 11.3 Å². The maximum Gasteiger partial charge on any atom is 0.271 e. The second kappa shape index (κ2) is 9.23. The van der Waals surface area contributed by atoms with Crippen molar-refractivity contribution in [2.45, 2.75) is 19.9 Å². The summed E-state index contributed by atoms with van der Waals surface area (Å²) in [4.78, 5) is 32.4. The molecule has 0 spiro atoms. The van der Waals surface area contributed by atoms with Gasteiger partial charge in [-0.25, -0.2) is 4.99 Å². The highest BCUT2D eigenvalue weighted by atomic mass is 32.1. The summed E-state index contributed by atoms with van der Waals surface area (Å²) in [7, 11) is 1.58. The maximum atomic E-state index is 13.7. The molecule has 1 aliphatic rings. The SMILES string of the molecule is COc1cccc([C@H]2C(C(=O)Nc3ccccc3)=C(C)N=c3s/c(=C\c4ccc(C)o4)c(=O)n32)c1. The minimum atomic E-state index is -0.675. The van der Waals surface area contributed by atoms with Crippen molar-refractivity contribution in [1.29, 1.82) is 0 Å². The van der Waals surface area contributed by atoms with E-state index < -0.39 is 6.04 Å². The van der Waals surface area contributed by atoms with Gasteiger partial charge in [0.05, 0.1) is 29.0 Å². The molecule has 7 nitrogen and oxygen atoms in total. The number of benzene rings is 2. The topological polar surface area (TPSA) is 85.8 Å².